The summed E-state index contributed by atoms with van der Waals surface area (Å²) in [5, 5.41) is 9.07. The molecule has 0 radical (unpaired) electrons. The minimum atomic E-state index is -0.141. The Morgan fingerprint density at radius 1 is 1.37 bits per heavy atom. The molecule has 1 saturated heterocycles. The second kappa shape index (κ2) is 5.08. The molecule has 0 aliphatic carbocycles. The van der Waals surface area contributed by atoms with E-state index in [4.69, 9.17) is 14.4 Å². The van der Waals surface area contributed by atoms with Crippen molar-refractivity contribution in [1.29, 1.82) is 5.26 Å². The second-order valence-electron chi connectivity index (χ2n) is 4.16. The number of anilines is 1. The minimum absolute atomic E-state index is 0.141. The summed E-state index contributed by atoms with van der Waals surface area (Å²) in [6.45, 7) is 1.85. The molecular formula is C13H12N4O2. The molecule has 0 N–H and O–H groups in total. The topological polar surface area (TPSA) is 75.2 Å². The van der Waals surface area contributed by atoms with Gasteiger partial charge in [0.15, 0.2) is 11.5 Å². The lowest BCUT2D eigenvalue weighted by atomic mass is 10.2. The lowest BCUT2D eigenvalue weighted by Gasteiger charge is -2.32. The monoisotopic (exact) mass is 256 g/mol. The van der Waals surface area contributed by atoms with Crippen LogP contribution < -0.4 is 4.90 Å². The fourth-order valence-electron chi connectivity index (χ4n) is 2.13. The van der Waals surface area contributed by atoms with Gasteiger partial charge in [0.05, 0.1) is 19.4 Å². The van der Waals surface area contributed by atoms with Gasteiger partial charge in [0, 0.05) is 18.9 Å². The van der Waals surface area contributed by atoms with E-state index in [9.17, 15) is 0 Å². The Labute approximate surface area is 110 Å². The normalized spacial score (nSPS) is 19.1. The van der Waals surface area contributed by atoms with Gasteiger partial charge in [-0.05, 0) is 12.1 Å². The largest absolute Gasteiger partial charge is 0.467 e. The van der Waals surface area contributed by atoms with Crippen LogP contribution in [-0.2, 0) is 4.74 Å². The number of nitriles is 1. The van der Waals surface area contributed by atoms with Crippen LogP contribution in [0, 0.1) is 11.3 Å². The van der Waals surface area contributed by atoms with Crippen molar-refractivity contribution in [3.05, 3.63) is 42.2 Å². The summed E-state index contributed by atoms with van der Waals surface area (Å²) in [5.41, 5.74) is 0.336. The molecule has 0 saturated carbocycles. The highest BCUT2D eigenvalue weighted by Crippen LogP contribution is 2.26. The number of aromatic nitrogens is 2. The molecule has 6 nitrogen and oxygen atoms in total. The van der Waals surface area contributed by atoms with Gasteiger partial charge in [0.1, 0.15) is 17.9 Å². The van der Waals surface area contributed by atoms with E-state index in [0.717, 1.165) is 5.76 Å². The molecule has 0 aromatic carbocycles. The Morgan fingerprint density at radius 3 is 3.05 bits per heavy atom. The van der Waals surface area contributed by atoms with Crippen molar-refractivity contribution in [1.82, 2.24) is 9.97 Å². The number of furan rings is 1. The van der Waals surface area contributed by atoms with Gasteiger partial charge in [0.25, 0.3) is 0 Å². The molecule has 3 rings (SSSR count). The van der Waals surface area contributed by atoms with E-state index >= 15 is 0 Å². The van der Waals surface area contributed by atoms with Crippen LogP contribution in [-0.4, -0.2) is 29.7 Å². The fraction of sp³-hybridized carbons (Fsp3) is 0.308. The zero-order chi connectivity index (χ0) is 13.1. The van der Waals surface area contributed by atoms with Gasteiger partial charge in [-0.3, -0.25) is 0 Å². The van der Waals surface area contributed by atoms with Gasteiger partial charge < -0.3 is 14.1 Å². The molecule has 1 fully saturated rings. The van der Waals surface area contributed by atoms with Crippen LogP contribution in [0.25, 0.3) is 0 Å². The molecule has 2 aromatic rings. The van der Waals surface area contributed by atoms with E-state index < -0.39 is 0 Å². The van der Waals surface area contributed by atoms with Crippen molar-refractivity contribution in [2.45, 2.75) is 6.10 Å². The van der Waals surface area contributed by atoms with E-state index in [0.29, 0.717) is 31.2 Å². The van der Waals surface area contributed by atoms with E-state index in [-0.39, 0.29) is 6.10 Å². The zero-order valence-electron chi connectivity index (χ0n) is 10.2. The highest BCUT2D eigenvalue weighted by atomic mass is 16.5. The maximum absolute atomic E-state index is 9.07. The molecule has 1 aliphatic heterocycles. The first-order chi connectivity index (χ1) is 9.38. The van der Waals surface area contributed by atoms with Crippen molar-refractivity contribution in [3.63, 3.8) is 0 Å². The van der Waals surface area contributed by atoms with Crippen molar-refractivity contribution in [2.24, 2.45) is 0 Å². The molecule has 1 unspecified atom stereocenters. The minimum Gasteiger partial charge on any atom is -0.467 e. The maximum atomic E-state index is 9.07. The van der Waals surface area contributed by atoms with Gasteiger partial charge in [-0.1, -0.05) is 0 Å². The lowest BCUT2D eigenvalue weighted by molar-refractivity contribution is 0.0254. The lowest BCUT2D eigenvalue weighted by Crippen LogP contribution is -2.39. The summed E-state index contributed by atoms with van der Waals surface area (Å²) in [4.78, 5) is 10.3. The van der Waals surface area contributed by atoms with Crippen LogP contribution in [0.15, 0.2) is 35.2 Å². The molecular weight excluding hydrogens is 244 g/mol. The number of morpholine rings is 1. The van der Waals surface area contributed by atoms with Crippen LogP contribution in [0.3, 0.4) is 0 Å². The van der Waals surface area contributed by atoms with E-state index in [1.165, 1.54) is 6.20 Å². The molecule has 19 heavy (non-hydrogen) atoms. The first kappa shape index (κ1) is 11.7. The van der Waals surface area contributed by atoms with Crippen LogP contribution in [0.1, 0.15) is 17.6 Å². The molecule has 0 bridgehead atoms. The Morgan fingerprint density at radius 2 is 2.26 bits per heavy atom. The second-order valence-corrected chi connectivity index (χ2v) is 4.16. The van der Waals surface area contributed by atoms with Crippen molar-refractivity contribution in [3.8, 4) is 6.07 Å². The third kappa shape index (κ3) is 2.28. The SMILES string of the molecule is N#Cc1nccnc1N1CCOC(c2ccco2)C1. The highest BCUT2D eigenvalue weighted by Gasteiger charge is 2.26. The first-order valence-electron chi connectivity index (χ1n) is 5.99. The van der Waals surface area contributed by atoms with E-state index in [1.54, 1.807) is 12.5 Å². The van der Waals surface area contributed by atoms with Crippen LogP contribution in [0.4, 0.5) is 5.82 Å². The summed E-state index contributed by atoms with van der Waals surface area (Å²) in [7, 11) is 0. The average molecular weight is 256 g/mol. The summed E-state index contributed by atoms with van der Waals surface area (Å²) in [5.74, 6) is 1.39. The van der Waals surface area contributed by atoms with Gasteiger partial charge in [-0.25, -0.2) is 9.97 Å². The molecule has 0 amide bonds. The smallest absolute Gasteiger partial charge is 0.183 e. The van der Waals surface area contributed by atoms with Crippen LogP contribution in [0.5, 0.6) is 0 Å². The van der Waals surface area contributed by atoms with Crippen molar-refractivity contribution >= 4 is 5.82 Å². The standard InChI is InChI=1S/C13H12N4O2/c14-8-10-13(16-4-3-15-10)17-5-7-19-12(9-17)11-2-1-6-18-11/h1-4,6,12H,5,7,9H2. The van der Waals surface area contributed by atoms with Crippen molar-refractivity contribution in [2.75, 3.05) is 24.6 Å². The predicted molar refractivity (Wildman–Crippen MR) is 66.4 cm³/mol. The number of hydrogen-bond acceptors (Lipinski definition) is 6. The third-order valence-corrected chi connectivity index (χ3v) is 3.01. The van der Waals surface area contributed by atoms with Crippen LogP contribution >= 0.6 is 0 Å². The Balaban J connectivity index is 1.84. The summed E-state index contributed by atoms with van der Waals surface area (Å²) in [6, 6.07) is 5.78. The molecule has 1 aliphatic rings. The predicted octanol–water partition coefficient (Wildman–Crippen LogP) is 1.52. The average Bonchev–Trinajstić information content (AvgIpc) is 3.01. The Kier molecular flexibility index (Phi) is 3.12. The quantitative estimate of drug-likeness (QED) is 0.810. The van der Waals surface area contributed by atoms with E-state index in [2.05, 4.69) is 16.0 Å². The van der Waals surface area contributed by atoms with Crippen LogP contribution in [0.2, 0.25) is 0 Å². The van der Waals surface area contributed by atoms with Gasteiger partial charge >= 0.3 is 0 Å². The molecule has 1 atom stereocenters. The van der Waals surface area contributed by atoms with Gasteiger partial charge in [0.2, 0.25) is 0 Å². The Hall–Kier alpha value is -2.39. The number of rotatable bonds is 2. The Bertz CT molecular complexity index is 591. The number of nitrogens with zero attached hydrogens (tertiary/aromatic N) is 4. The van der Waals surface area contributed by atoms with Crippen molar-refractivity contribution < 1.29 is 9.15 Å². The highest BCUT2D eigenvalue weighted by molar-refractivity contribution is 5.49. The zero-order valence-corrected chi connectivity index (χ0v) is 10.2. The molecule has 0 spiro atoms. The van der Waals surface area contributed by atoms with E-state index in [1.807, 2.05) is 17.0 Å². The fourth-order valence-corrected chi connectivity index (χ4v) is 2.13. The molecule has 6 heteroatoms. The number of hydrogen-bond donors (Lipinski definition) is 0. The third-order valence-electron chi connectivity index (χ3n) is 3.01. The van der Waals surface area contributed by atoms with Gasteiger partial charge in [-0.2, -0.15) is 5.26 Å². The summed E-state index contributed by atoms with van der Waals surface area (Å²) in [6.07, 6.45) is 4.60. The maximum Gasteiger partial charge on any atom is 0.183 e. The number of ether oxygens (including phenoxy) is 1. The van der Waals surface area contributed by atoms with Gasteiger partial charge in [-0.15, -0.1) is 0 Å². The molecule has 96 valence electrons. The summed E-state index contributed by atoms with van der Waals surface area (Å²) < 4.78 is 11.0. The molecule has 3 heterocycles. The summed E-state index contributed by atoms with van der Waals surface area (Å²) >= 11 is 0. The molecule has 2 aromatic heterocycles. The first-order valence-corrected chi connectivity index (χ1v) is 5.99.